The summed E-state index contributed by atoms with van der Waals surface area (Å²) in [7, 11) is 0. The van der Waals surface area contributed by atoms with Crippen molar-refractivity contribution in [1.29, 1.82) is 0 Å². The van der Waals surface area contributed by atoms with Crippen molar-refractivity contribution in [2.75, 3.05) is 0 Å². The molecule has 4 heteroatoms. The summed E-state index contributed by atoms with van der Waals surface area (Å²) in [6, 6.07) is 15.0. The van der Waals surface area contributed by atoms with Crippen molar-refractivity contribution >= 4 is 22.6 Å². The first-order valence-electron chi connectivity index (χ1n) is 6.24. The van der Waals surface area contributed by atoms with Gasteiger partial charge in [0.15, 0.2) is 0 Å². The van der Waals surface area contributed by atoms with E-state index in [2.05, 4.69) is 27.6 Å². The van der Waals surface area contributed by atoms with Gasteiger partial charge in [0.1, 0.15) is 11.6 Å². The Labute approximate surface area is 130 Å². The molecule has 0 bridgehead atoms. The second kappa shape index (κ2) is 5.75. The average Bonchev–Trinajstić information content (AvgIpc) is 2.90. The van der Waals surface area contributed by atoms with E-state index in [9.17, 15) is 4.39 Å². The lowest BCUT2D eigenvalue weighted by Gasteiger charge is -2.09. The van der Waals surface area contributed by atoms with Crippen molar-refractivity contribution in [1.82, 2.24) is 9.55 Å². The maximum Gasteiger partial charge on any atom is 0.140 e. The minimum absolute atomic E-state index is 0.185. The zero-order valence-electron chi connectivity index (χ0n) is 10.6. The van der Waals surface area contributed by atoms with E-state index in [-0.39, 0.29) is 5.82 Å². The second-order valence-electron chi connectivity index (χ2n) is 4.48. The van der Waals surface area contributed by atoms with E-state index in [1.165, 1.54) is 9.64 Å². The van der Waals surface area contributed by atoms with Crippen LogP contribution in [0.4, 0.5) is 4.39 Å². The van der Waals surface area contributed by atoms with Gasteiger partial charge in [-0.15, -0.1) is 0 Å². The van der Waals surface area contributed by atoms with Gasteiger partial charge in [-0.2, -0.15) is 0 Å². The van der Waals surface area contributed by atoms with Gasteiger partial charge in [-0.25, -0.2) is 9.37 Å². The molecule has 0 N–H and O–H groups in total. The monoisotopic (exact) mass is 378 g/mol. The number of imidazole rings is 1. The highest BCUT2D eigenvalue weighted by Gasteiger charge is 2.08. The van der Waals surface area contributed by atoms with Crippen LogP contribution in [0.5, 0.6) is 0 Å². The van der Waals surface area contributed by atoms with Crippen LogP contribution in [0.3, 0.4) is 0 Å². The first-order valence-corrected chi connectivity index (χ1v) is 7.32. The van der Waals surface area contributed by atoms with Gasteiger partial charge in [0.2, 0.25) is 0 Å². The molecule has 0 amide bonds. The zero-order valence-corrected chi connectivity index (χ0v) is 12.8. The van der Waals surface area contributed by atoms with Gasteiger partial charge in [0.25, 0.3) is 0 Å². The van der Waals surface area contributed by atoms with Gasteiger partial charge in [-0.3, -0.25) is 0 Å². The lowest BCUT2D eigenvalue weighted by molar-refractivity contribution is 0.600. The number of aromatic nitrogens is 2. The molecule has 0 saturated carbocycles. The van der Waals surface area contributed by atoms with Crippen LogP contribution in [0.1, 0.15) is 5.56 Å². The topological polar surface area (TPSA) is 17.8 Å². The van der Waals surface area contributed by atoms with E-state index in [1.54, 1.807) is 18.3 Å². The van der Waals surface area contributed by atoms with Gasteiger partial charge in [-0.05, 0) is 40.8 Å². The van der Waals surface area contributed by atoms with Crippen molar-refractivity contribution in [2.45, 2.75) is 6.54 Å². The minimum Gasteiger partial charge on any atom is -0.326 e. The molecule has 1 heterocycles. The summed E-state index contributed by atoms with van der Waals surface area (Å²) < 4.78 is 16.9. The van der Waals surface area contributed by atoms with Crippen LogP contribution in [0.25, 0.3) is 11.4 Å². The lowest BCUT2D eigenvalue weighted by Crippen LogP contribution is -2.03. The Balaban J connectivity index is 1.95. The highest BCUT2D eigenvalue weighted by molar-refractivity contribution is 14.1. The number of nitrogens with zero attached hydrogens (tertiary/aromatic N) is 2. The molecule has 100 valence electrons. The summed E-state index contributed by atoms with van der Waals surface area (Å²) in [5.41, 5.74) is 1.70. The highest BCUT2D eigenvalue weighted by Crippen LogP contribution is 2.20. The maximum absolute atomic E-state index is 13.7. The van der Waals surface area contributed by atoms with E-state index >= 15 is 0 Å². The van der Waals surface area contributed by atoms with Crippen molar-refractivity contribution in [3.8, 4) is 11.4 Å². The quantitative estimate of drug-likeness (QED) is 0.620. The summed E-state index contributed by atoms with van der Waals surface area (Å²) in [5.74, 6) is 0.666. The standard InChI is InChI=1S/C16H12FIN2/c17-15-4-2-1-3-13(15)11-20-10-9-19-16(20)12-5-7-14(18)8-6-12/h1-10H,11H2. The van der Waals surface area contributed by atoms with Crippen LogP contribution < -0.4 is 0 Å². The van der Waals surface area contributed by atoms with E-state index in [1.807, 2.05) is 41.1 Å². The Morgan fingerprint density at radius 1 is 1.05 bits per heavy atom. The van der Waals surface area contributed by atoms with Gasteiger partial charge in [0, 0.05) is 27.1 Å². The molecule has 0 fully saturated rings. The van der Waals surface area contributed by atoms with Crippen LogP contribution >= 0.6 is 22.6 Å². The number of hydrogen-bond donors (Lipinski definition) is 0. The van der Waals surface area contributed by atoms with Crippen LogP contribution in [0, 0.1) is 9.39 Å². The predicted octanol–water partition coefficient (Wildman–Crippen LogP) is 4.34. The molecule has 3 aromatic rings. The van der Waals surface area contributed by atoms with E-state index in [0.717, 1.165) is 11.4 Å². The summed E-state index contributed by atoms with van der Waals surface area (Å²) in [5, 5.41) is 0. The van der Waals surface area contributed by atoms with Crippen molar-refractivity contribution < 1.29 is 4.39 Å². The second-order valence-corrected chi connectivity index (χ2v) is 5.72. The third kappa shape index (κ3) is 2.75. The summed E-state index contributed by atoms with van der Waals surface area (Å²) in [4.78, 5) is 4.38. The molecule has 0 aliphatic heterocycles. The number of rotatable bonds is 3. The first-order chi connectivity index (χ1) is 9.74. The van der Waals surface area contributed by atoms with E-state index in [0.29, 0.717) is 12.1 Å². The maximum atomic E-state index is 13.7. The third-order valence-electron chi connectivity index (χ3n) is 3.12. The molecule has 1 aromatic heterocycles. The molecule has 20 heavy (non-hydrogen) atoms. The summed E-state index contributed by atoms with van der Waals surface area (Å²) >= 11 is 2.27. The molecule has 0 radical (unpaired) electrons. The molecule has 0 unspecified atom stereocenters. The van der Waals surface area contributed by atoms with Gasteiger partial charge < -0.3 is 4.57 Å². The summed E-state index contributed by atoms with van der Waals surface area (Å²) in [6.07, 6.45) is 3.62. The third-order valence-corrected chi connectivity index (χ3v) is 3.84. The number of benzene rings is 2. The van der Waals surface area contributed by atoms with Crippen LogP contribution in [-0.2, 0) is 6.54 Å². The summed E-state index contributed by atoms with van der Waals surface area (Å²) in [6.45, 7) is 0.480. The molecule has 2 nitrogen and oxygen atoms in total. The highest BCUT2D eigenvalue weighted by atomic mass is 127. The lowest BCUT2D eigenvalue weighted by atomic mass is 10.2. The van der Waals surface area contributed by atoms with Crippen LogP contribution in [-0.4, -0.2) is 9.55 Å². The van der Waals surface area contributed by atoms with Crippen LogP contribution in [0.2, 0.25) is 0 Å². The van der Waals surface area contributed by atoms with Crippen molar-refractivity contribution in [3.05, 3.63) is 75.9 Å². The smallest absolute Gasteiger partial charge is 0.140 e. The van der Waals surface area contributed by atoms with E-state index < -0.39 is 0 Å². The zero-order chi connectivity index (χ0) is 13.9. The van der Waals surface area contributed by atoms with Gasteiger partial charge >= 0.3 is 0 Å². The fraction of sp³-hybridized carbons (Fsp3) is 0.0625. The Bertz CT molecular complexity index is 719. The molecular formula is C16H12FIN2. The Morgan fingerprint density at radius 2 is 1.80 bits per heavy atom. The Morgan fingerprint density at radius 3 is 2.55 bits per heavy atom. The largest absolute Gasteiger partial charge is 0.326 e. The normalized spacial score (nSPS) is 10.7. The molecule has 0 atom stereocenters. The fourth-order valence-corrected chi connectivity index (χ4v) is 2.47. The fourth-order valence-electron chi connectivity index (χ4n) is 2.11. The van der Waals surface area contributed by atoms with Gasteiger partial charge in [-0.1, -0.05) is 30.3 Å². The van der Waals surface area contributed by atoms with Crippen molar-refractivity contribution in [3.63, 3.8) is 0 Å². The average molecular weight is 378 g/mol. The number of hydrogen-bond acceptors (Lipinski definition) is 1. The minimum atomic E-state index is -0.185. The predicted molar refractivity (Wildman–Crippen MR) is 85.9 cm³/mol. The van der Waals surface area contributed by atoms with Gasteiger partial charge in [0.05, 0.1) is 6.54 Å². The first kappa shape index (κ1) is 13.3. The molecule has 0 aliphatic rings. The Kier molecular flexibility index (Phi) is 3.82. The van der Waals surface area contributed by atoms with Crippen LogP contribution in [0.15, 0.2) is 60.9 Å². The van der Waals surface area contributed by atoms with Crippen molar-refractivity contribution in [2.24, 2.45) is 0 Å². The molecule has 3 rings (SSSR count). The number of halogens is 2. The Hall–Kier alpha value is -1.69. The SMILES string of the molecule is Fc1ccccc1Cn1ccnc1-c1ccc(I)cc1. The molecule has 0 spiro atoms. The molecule has 2 aromatic carbocycles. The molecular weight excluding hydrogens is 366 g/mol. The molecule has 0 aliphatic carbocycles. The molecule has 0 saturated heterocycles. The van der Waals surface area contributed by atoms with E-state index in [4.69, 9.17) is 0 Å².